The van der Waals surface area contributed by atoms with Crippen LogP contribution in [0.2, 0.25) is 0 Å². The number of nitrogens with one attached hydrogen (secondary N) is 3. The summed E-state index contributed by atoms with van der Waals surface area (Å²) in [6.45, 7) is 10.7. The molecule has 2 heterocycles. The molecule has 0 aliphatic carbocycles. The van der Waals surface area contributed by atoms with Crippen molar-refractivity contribution in [1.29, 1.82) is 0 Å². The second-order valence-electron chi connectivity index (χ2n) is 10.6. The van der Waals surface area contributed by atoms with Crippen LogP contribution in [-0.4, -0.2) is 82.7 Å². The van der Waals surface area contributed by atoms with Gasteiger partial charge >= 0.3 is 12.1 Å². The summed E-state index contributed by atoms with van der Waals surface area (Å²) in [5.41, 5.74) is 0.420. The first kappa shape index (κ1) is 31.5. The van der Waals surface area contributed by atoms with Gasteiger partial charge in [0, 0.05) is 42.1 Å². The summed E-state index contributed by atoms with van der Waals surface area (Å²) in [6.07, 6.45) is 2.05. The summed E-state index contributed by atoms with van der Waals surface area (Å²) in [6, 6.07) is 7.55. The molecule has 2 aromatic carbocycles. The van der Waals surface area contributed by atoms with Crippen LogP contribution in [0.1, 0.15) is 20.8 Å². The molecule has 0 unspecified atom stereocenters. The minimum atomic E-state index is -0.587. The fourth-order valence-corrected chi connectivity index (χ4v) is 4.49. The molecule has 1 aromatic heterocycles. The van der Waals surface area contributed by atoms with Gasteiger partial charge in [-0.25, -0.2) is 23.9 Å². The second-order valence-corrected chi connectivity index (χ2v) is 11.5. The molecule has 0 spiro atoms. The molecule has 4 amide bonds. The number of fused-ring (bicyclic) bond motifs is 1. The molecule has 4 rings (SSSR count). The maximum Gasteiger partial charge on any atom is 0.410 e. The number of hydrogen-bond donors (Lipinski definition) is 3. The Morgan fingerprint density at radius 3 is 2.47 bits per heavy atom. The molecule has 1 aliphatic heterocycles. The SMILES string of the molecule is C=CC(=O)Nc1cc2c(Nc3ccc(Br)cc3F)ncnc2cc1OCCNC(=O)N1CCN(C(=O)OC(C)(C)C)CC1. The number of urea groups is 1. The Morgan fingerprint density at radius 2 is 1.79 bits per heavy atom. The van der Waals surface area contributed by atoms with E-state index in [1.54, 1.807) is 54.8 Å². The van der Waals surface area contributed by atoms with E-state index in [-0.39, 0.29) is 24.9 Å². The Hall–Kier alpha value is -4.46. The Balaban J connectivity index is 1.39. The molecule has 3 N–H and O–H groups in total. The number of piperazine rings is 1. The number of aromatic nitrogens is 2. The first-order valence-corrected chi connectivity index (χ1v) is 14.3. The van der Waals surface area contributed by atoms with Crippen LogP contribution in [0.4, 0.5) is 31.2 Å². The van der Waals surface area contributed by atoms with Gasteiger partial charge in [-0.05, 0) is 51.1 Å². The number of amides is 4. The zero-order valence-corrected chi connectivity index (χ0v) is 25.7. The monoisotopic (exact) mass is 657 g/mol. The molecule has 43 heavy (non-hydrogen) atoms. The van der Waals surface area contributed by atoms with Crippen LogP contribution in [0.15, 0.2) is 53.8 Å². The lowest BCUT2D eigenvalue weighted by molar-refractivity contribution is -0.111. The average molecular weight is 659 g/mol. The lowest BCUT2D eigenvalue weighted by atomic mass is 10.1. The predicted molar refractivity (Wildman–Crippen MR) is 164 cm³/mol. The standard InChI is InChI=1S/C29H33BrFN7O5/c1-5-25(39)35-23-15-19-22(33-17-34-26(19)36-21-7-6-18(30)14-20(21)31)16-24(23)42-13-8-32-27(40)37-9-11-38(12-10-37)28(41)43-29(2,3)4/h5-7,14-17H,1,8-13H2,2-4H3,(H,32,40)(H,35,39)(H,33,34,36). The second kappa shape index (κ2) is 13.7. The predicted octanol–water partition coefficient (Wildman–Crippen LogP) is 5.04. The number of nitrogens with zero attached hydrogens (tertiary/aromatic N) is 4. The van der Waals surface area contributed by atoms with Gasteiger partial charge in [0.25, 0.3) is 0 Å². The molecule has 12 nitrogen and oxygen atoms in total. The van der Waals surface area contributed by atoms with E-state index in [2.05, 4.69) is 48.4 Å². The van der Waals surface area contributed by atoms with Crippen molar-refractivity contribution in [3.63, 3.8) is 0 Å². The molecule has 228 valence electrons. The van der Waals surface area contributed by atoms with Gasteiger partial charge in [-0.1, -0.05) is 22.5 Å². The van der Waals surface area contributed by atoms with Gasteiger partial charge in [0.05, 0.1) is 23.4 Å². The highest BCUT2D eigenvalue weighted by atomic mass is 79.9. The van der Waals surface area contributed by atoms with Crippen LogP contribution < -0.4 is 20.7 Å². The van der Waals surface area contributed by atoms with Gasteiger partial charge in [-0.2, -0.15) is 0 Å². The highest BCUT2D eigenvalue weighted by Crippen LogP contribution is 2.34. The molecule has 0 saturated carbocycles. The van der Waals surface area contributed by atoms with Gasteiger partial charge in [-0.15, -0.1) is 0 Å². The number of ether oxygens (including phenoxy) is 2. The Morgan fingerprint density at radius 1 is 1.07 bits per heavy atom. The molecule has 0 atom stereocenters. The van der Waals surface area contributed by atoms with Gasteiger partial charge < -0.3 is 35.2 Å². The van der Waals surface area contributed by atoms with Crippen LogP contribution in [0.5, 0.6) is 5.75 Å². The minimum Gasteiger partial charge on any atom is -0.489 e. The molecule has 0 bridgehead atoms. The molecular weight excluding hydrogens is 625 g/mol. The minimum absolute atomic E-state index is 0.0897. The maximum absolute atomic E-state index is 14.5. The third kappa shape index (κ3) is 8.53. The lowest BCUT2D eigenvalue weighted by Crippen LogP contribution is -2.54. The summed E-state index contributed by atoms with van der Waals surface area (Å²) in [7, 11) is 0. The van der Waals surface area contributed by atoms with Gasteiger partial charge in [0.1, 0.15) is 35.9 Å². The van der Waals surface area contributed by atoms with Crippen molar-refractivity contribution in [3.05, 3.63) is 59.6 Å². The van der Waals surface area contributed by atoms with Crippen LogP contribution in [0, 0.1) is 5.82 Å². The van der Waals surface area contributed by atoms with E-state index in [9.17, 15) is 18.8 Å². The van der Waals surface area contributed by atoms with E-state index in [0.29, 0.717) is 58.8 Å². The molecule has 0 radical (unpaired) electrons. The van der Waals surface area contributed by atoms with Crippen molar-refractivity contribution >= 4 is 62.1 Å². The average Bonchev–Trinajstić information content (AvgIpc) is 2.96. The molecule has 1 aliphatic rings. The van der Waals surface area contributed by atoms with Crippen molar-refractivity contribution in [2.24, 2.45) is 0 Å². The van der Waals surface area contributed by atoms with E-state index < -0.39 is 23.4 Å². The van der Waals surface area contributed by atoms with E-state index >= 15 is 0 Å². The van der Waals surface area contributed by atoms with Crippen LogP contribution in [0.25, 0.3) is 10.9 Å². The molecular formula is C29H33BrFN7O5. The lowest BCUT2D eigenvalue weighted by Gasteiger charge is -2.35. The summed E-state index contributed by atoms with van der Waals surface area (Å²) >= 11 is 3.24. The van der Waals surface area contributed by atoms with E-state index in [1.807, 2.05) is 0 Å². The zero-order chi connectivity index (χ0) is 31.1. The number of carbonyl (C=O) groups excluding carboxylic acids is 3. The summed E-state index contributed by atoms with van der Waals surface area (Å²) < 4.78 is 26.4. The highest BCUT2D eigenvalue weighted by Gasteiger charge is 2.27. The Labute approximate surface area is 256 Å². The molecule has 3 aromatic rings. The first-order chi connectivity index (χ1) is 20.4. The van der Waals surface area contributed by atoms with E-state index in [1.165, 1.54) is 12.4 Å². The number of rotatable bonds is 8. The van der Waals surface area contributed by atoms with Crippen LogP contribution in [-0.2, 0) is 9.53 Å². The van der Waals surface area contributed by atoms with Crippen molar-refractivity contribution in [2.75, 3.05) is 50.0 Å². The number of anilines is 3. The fraction of sp³-hybridized carbons (Fsp3) is 0.345. The molecule has 14 heteroatoms. The summed E-state index contributed by atoms with van der Waals surface area (Å²) in [4.78, 5) is 48.9. The Kier molecular flexibility index (Phi) is 10.0. The van der Waals surface area contributed by atoms with Crippen LogP contribution >= 0.6 is 15.9 Å². The smallest absolute Gasteiger partial charge is 0.410 e. The number of carbonyl (C=O) groups is 3. The normalized spacial score (nSPS) is 13.3. The highest BCUT2D eigenvalue weighted by molar-refractivity contribution is 9.10. The quantitative estimate of drug-likeness (QED) is 0.226. The number of halogens is 2. The molecule has 1 fully saturated rings. The first-order valence-electron chi connectivity index (χ1n) is 13.5. The number of benzene rings is 2. The van der Waals surface area contributed by atoms with E-state index in [4.69, 9.17) is 9.47 Å². The van der Waals surface area contributed by atoms with Crippen LogP contribution in [0.3, 0.4) is 0 Å². The van der Waals surface area contributed by atoms with Gasteiger partial charge in [-0.3, -0.25) is 4.79 Å². The summed E-state index contributed by atoms with van der Waals surface area (Å²) in [5, 5.41) is 8.99. The molecule has 1 saturated heterocycles. The van der Waals surface area contributed by atoms with Crippen molar-refractivity contribution in [2.45, 2.75) is 26.4 Å². The Bertz CT molecular complexity index is 1520. The third-order valence-corrected chi connectivity index (χ3v) is 6.71. The maximum atomic E-state index is 14.5. The fourth-order valence-electron chi connectivity index (χ4n) is 4.15. The van der Waals surface area contributed by atoms with E-state index in [0.717, 1.165) is 6.08 Å². The zero-order valence-electron chi connectivity index (χ0n) is 24.1. The van der Waals surface area contributed by atoms with Crippen molar-refractivity contribution in [1.82, 2.24) is 25.1 Å². The van der Waals surface area contributed by atoms with Crippen molar-refractivity contribution < 1.29 is 28.2 Å². The topological polar surface area (TPSA) is 138 Å². The van der Waals surface area contributed by atoms with Gasteiger partial charge in [0.2, 0.25) is 5.91 Å². The van der Waals surface area contributed by atoms with Crippen molar-refractivity contribution in [3.8, 4) is 5.75 Å². The largest absolute Gasteiger partial charge is 0.489 e. The third-order valence-electron chi connectivity index (χ3n) is 6.22. The van der Waals surface area contributed by atoms with Gasteiger partial charge in [0.15, 0.2) is 0 Å². The summed E-state index contributed by atoms with van der Waals surface area (Å²) in [5.74, 6) is -0.310. The number of hydrogen-bond acceptors (Lipinski definition) is 8.